The zero-order chi connectivity index (χ0) is 17.0. The van der Waals surface area contributed by atoms with E-state index in [9.17, 15) is 22.8 Å². The second-order valence-corrected chi connectivity index (χ2v) is 4.90. The van der Waals surface area contributed by atoms with Crippen molar-refractivity contribution in [2.75, 3.05) is 11.9 Å². The summed E-state index contributed by atoms with van der Waals surface area (Å²) in [6, 6.07) is 7.65. The third-order valence-electron chi connectivity index (χ3n) is 2.82. The lowest BCUT2D eigenvalue weighted by Gasteiger charge is -2.08. The maximum absolute atomic E-state index is 13.4. The Hall–Kier alpha value is -2.54. The van der Waals surface area contributed by atoms with E-state index < -0.39 is 41.4 Å². The van der Waals surface area contributed by atoms with Crippen molar-refractivity contribution in [3.05, 3.63) is 64.4 Å². The average molecular weight is 343 g/mol. The Balaban J connectivity index is 1.95. The van der Waals surface area contributed by atoms with Gasteiger partial charge in [0.05, 0.1) is 12.1 Å². The first-order valence-electron chi connectivity index (χ1n) is 6.35. The van der Waals surface area contributed by atoms with Crippen LogP contribution in [0.3, 0.4) is 0 Å². The molecular formula is C15H10ClF3N2O2. The predicted molar refractivity (Wildman–Crippen MR) is 78.7 cm³/mol. The maximum Gasteiger partial charge on any atom is 0.254 e. The molecule has 2 aromatic carbocycles. The third-order valence-corrected chi connectivity index (χ3v) is 3.07. The number of hydrogen-bond acceptors (Lipinski definition) is 2. The quantitative estimate of drug-likeness (QED) is 0.839. The number of carbonyl (C=O) groups excluding carboxylic acids is 2. The number of anilines is 1. The van der Waals surface area contributed by atoms with Gasteiger partial charge in [0, 0.05) is 10.7 Å². The van der Waals surface area contributed by atoms with Crippen molar-refractivity contribution < 1.29 is 22.8 Å². The van der Waals surface area contributed by atoms with Gasteiger partial charge in [-0.1, -0.05) is 11.6 Å². The van der Waals surface area contributed by atoms with Crippen LogP contribution in [-0.4, -0.2) is 18.4 Å². The maximum atomic E-state index is 13.4. The van der Waals surface area contributed by atoms with Crippen LogP contribution in [-0.2, 0) is 4.79 Å². The van der Waals surface area contributed by atoms with Gasteiger partial charge in [0.15, 0.2) is 17.5 Å². The lowest BCUT2D eigenvalue weighted by Crippen LogP contribution is -2.33. The van der Waals surface area contributed by atoms with Crippen molar-refractivity contribution in [2.24, 2.45) is 0 Å². The summed E-state index contributed by atoms with van der Waals surface area (Å²) >= 11 is 5.69. The van der Waals surface area contributed by atoms with E-state index in [4.69, 9.17) is 11.6 Å². The fraction of sp³-hybridized carbons (Fsp3) is 0.0667. The van der Waals surface area contributed by atoms with Crippen LogP contribution in [0.2, 0.25) is 5.02 Å². The fourth-order valence-electron chi connectivity index (χ4n) is 1.70. The Morgan fingerprint density at radius 1 is 0.957 bits per heavy atom. The minimum absolute atomic E-state index is 0.452. The number of rotatable bonds is 4. The lowest BCUT2D eigenvalue weighted by atomic mass is 10.2. The smallest absolute Gasteiger partial charge is 0.254 e. The summed E-state index contributed by atoms with van der Waals surface area (Å²) in [5, 5.41) is 5.07. The number of carbonyl (C=O) groups is 2. The minimum Gasteiger partial charge on any atom is -0.343 e. The zero-order valence-electron chi connectivity index (χ0n) is 11.5. The number of nitrogens with one attached hydrogen (secondary N) is 2. The molecule has 0 aromatic heterocycles. The van der Waals surface area contributed by atoms with E-state index in [2.05, 4.69) is 10.6 Å². The van der Waals surface area contributed by atoms with E-state index in [0.717, 1.165) is 6.07 Å². The molecular weight excluding hydrogens is 333 g/mol. The summed E-state index contributed by atoms with van der Waals surface area (Å²) in [4.78, 5) is 23.3. The molecule has 0 bridgehead atoms. The molecule has 0 saturated carbocycles. The molecule has 2 rings (SSSR count). The molecule has 0 fully saturated rings. The molecule has 2 aromatic rings. The van der Waals surface area contributed by atoms with Gasteiger partial charge in [-0.15, -0.1) is 0 Å². The third kappa shape index (κ3) is 4.23. The van der Waals surface area contributed by atoms with E-state index in [-0.39, 0.29) is 0 Å². The van der Waals surface area contributed by atoms with Gasteiger partial charge in [-0.25, -0.2) is 13.2 Å². The SMILES string of the molecule is O=C(CNC(=O)c1ccc(F)c(F)c1F)Nc1ccc(Cl)cc1. The molecule has 0 unspecified atom stereocenters. The number of halogens is 4. The Morgan fingerprint density at radius 3 is 2.26 bits per heavy atom. The van der Waals surface area contributed by atoms with Gasteiger partial charge in [-0.2, -0.15) is 0 Å². The first-order chi connectivity index (χ1) is 10.9. The largest absolute Gasteiger partial charge is 0.343 e. The van der Waals surface area contributed by atoms with Crippen molar-refractivity contribution >= 4 is 29.1 Å². The first-order valence-corrected chi connectivity index (χ1v) is 6.73. The summed E-state index contributed by atoms with van der Waals surface area (Å²) in [7, 11) is 0. The van der Waals surface area contributed by atoms with Crippen LogP contribution < -0.4 is 10.6 Å². The van der Waals surface area contributed by atoms with E-state index in [1.54, 1.807) is 24.3 Å². The van der Waals surface area contributed by atoms with Gasteiger partial charge >= 0.3 is 0 Å². The van der Waals surface area contributed by atoms with Gasteiger partial charge in [0.1, 0.15) is 0 Å². The monoisotopic (exact) mass is 342 g/mol. The molecule has 0 heterocycles. The molecule has 0 aliphatic carbocycles. The number of amides is 2. The molecule has 0 saturated heterocycles. The van der Waals surface area contributed by atoms with Crippen LogP contribution in [0.4, 0.5) is 18.9 Å². The molecule has 0 spiro atoms. The molecule has 120 valence electrons. The highest BCUT2D eigenvalue weighted by atomic mass is 35.5. The van der Waals surface area contributed by atoms with Gasteiger partial charge in [0.25, 0.3) is 5.91 Å². The van der Waals surface area contributed by atoms with E-state index in [1.165, 1.54) is 0 Å². The van der Waals surface area contributed by atoms with E-state index in [1.807, 2.05) is 0 Å². The van der Waals surface area contributed by atoms with Gasteiger partial charge in [-0.05, 0) is 36.4 Å². The molecule has 23 heavy (non-hydrogen) atoms. The highest BCUT2D eigenvalue weighted by Gasteiger charge is 2.19. The molecule has 0 aliphatic heterocycles. The van der Waals surface area contributed by atoms with Crippen LogP contribution in [0, 0.1) is 17.5 Å². The molecule has 0 aliphatic rings. The van der Waals surface area contributed by atoms with Crippen molar-refractivity contribution in [3.8, 4) is 0 Å². The summed E-state index contributed by atoms with van der Waals surface area (Å²) in [5.74, 6) is -6.38. The Bertz CT molecular complexity index is 751. The second kappa shape index (κ2) is 7.15. The molecule has 8 heteroatoms. The average Bonchev–Trinajstić information content (AvgIpc) is 2.53. The van der Waals surface area contributed by atoms with Gasteiger partial charge < -0.3 is 10.6 Å². The first kappa shape index (κ1) is 16.8. The fourth-order valence-corrected chi connectivity index (χ4v) is 1.82. The Morgan fingerprint density at radius 2 is 1.61 bits per heavy atom. The van der Waals surface area contributed by atoms with Crippen molar-refractivity contribution in [2.45, 2.75) is 0 Å². The lowest BCUT2D eigenvalue weighted by molar-refractivity contribution is -0.115. The van der Waals surface area contributed by atoms with Crippen LogP contribution in [0.1, 0.15) is 10.4 Å². The molecule has 0 radical (unpaired) electrons. The Labute approximate surface area is 134 Å². The topological polar surface area (TPSA) is 58.2 Å². The highest BCUT2D eigenvalue weighted by molar-refractivity contribution is 6.30. The second-order valence-electron chi connectivity index (χ2n) is 4.46. The van der Waals surface area contributed by atoms with E-state index in [0.29, 0.717) is 16.8 Å². The summed E-state index contributed by atoms with van der Waals surface area (Å²) in [6.07, 6.45) is 0. The summed E-state index contributed by atoms with van der Waals surface area (Å²) < 4.78 is 39.3. The van der Waals surface area contributed by atoms with Gasteiger partial charge in [0.2, 0.25) is 5.91 Å². The van der Waals surface area contributed by atoms with Crippen LogP contribution in [0.25, 0.3) is 0 Å². The van der Waals surface area contributed by atoms with Crippen molar-refractivity contribution in [3.63, 3.8) is 0 Å². The Kier molecular flexibility index (Phi) is 5.23. The summed E-state index contributed by atoms with van der Waals surface area (Å²) in [6.45, 7) is -0.472. The minimum atomic E-state index is -1.75. The van der Waals surface area contributed by atoms with Crippen molar-refractivity contribution in [1.29, 1.82) is 0 Å². The molecule has 4 nitrogen and oxygen atoms in total. The zero-order valence-corrected chi connectivity index (χ0v) is 12.3. The standard InChI is InChI=1S/C15H10ClF3N2O2/c16-8-1-3-9(4-2-8)21-12(22)7-20-15(23)10-5-6-11(17)14(19)13(10)18/h1-6H,7H2,(H,20,23)(H,21,22). The van der Waals surface area contributed by atoms with E-state index >= 15 is 0 Å². The highest BCUT2D eigenvalue weighted by Crippen LogP contribution is 2.15. The predicted octanol–water partition coefficient (Wildman–Crippen LogP) is 3.13. The summed E-state index contributed by atoms with van der Waals surface area (Å²) in [5.41, 5.74) is -0.240. The van der Waals surface area contributed by atoms with Crippen LogP contribution in [0.5, 0.6) is 0 Å². The van der Waals surface area contributed by atoms with Gasteiger partial charge in [-0.3, -0.25) is 9.59 Å². The number of benzene rings is 2. The molecule has 2 amide bonds. The molecule has 0 atom stereocenters. The normalized spacial score (nSPS) is 10.3. The number of hydrogen-bond donors (Lipinski definition) is 2. The van der Waals surface area contributed by atoms with Crippen molar-refractivity contribution in [1.82, 2.24) is 5.32 Å². The van der Waals surface area contributed by atoms with Crippen LogP contribution in [0.15, 0.2) is 36.4 Å². The van der Waals surface area contributed by atoms with Crippen LogP contribution >= 0.6 is 11.6 Å². The molecule has 2 N–H and O–H groups in total.